The van der Waals surface area contributed by atoms with E-state index in [0.29, 0.717) is 16.7 Å². The second-order valence-corrected chi connectivity index (χ2v) is 4.08. The zero-order chi connectivity index (χ0) is 14.6. The van der Waals surface area contributed by atoms with E-state index in [0.717, 1.165) is 0 Å². The van der Waals surface area contributed by atoms with Gasteiger partial charge in [0.2, 0.25) is 0 Å². The van der Waals surface area contributed by atoms with Gasteiger partial charge in [-0.1, -0.05) is 0 Å². The van der Waals surface area contributed by atoms with Crippen LogP contribution >= 0.6 is 0 Å². The van der Waals surface area contributed by atoms with Gasteiger partial charge in [-0.05, 0) is 37.6 Å². The fourth-order valence-electron chi connectivity index (χ4n) is 1.47. The maximum atomic E-state index is 11.3. The summed E-state index contributed by atoms with van der Waals surface area (Å²) in [5.41, 5.74) is 6.09. The highest BCUT2D eigenvalue weighted by Gasteiger charge is 2.11. The molecule has 1 rings (SSSR count). The molecule has 0 bridgehead atoms. The molecule has 0 unspecified atom stereocenters. The summed E-state index contributed by atoms with van der Waals surface area (Å²) in [6.07, 6.45) is 0. The van der Waals surface area contributed by atoms with E-state index in [4.69, 9.17) is 5.73 Å². The molecule has 2 amide bonds. The Hall–Kier alpha value is -2.50. The van der Waals surface area contributed by atoms with E-state index in [1.807, 2.05) is 0 Å². The predicted molar refractivity (Wildman–Crippen MR) is 67.5 cm³/mol. The van der Waals surface area contributed by atoms with Crippen LogP contribution in [0, 0.1) is 0 Å². The van der Waals surface area contributed by atoms with E-state index in [-0.39, 0.29) is 18.1 Å². The number of hydrogen-bond acceptors (Lipinski definition) is 4. The standard InChI is InChI=1S/C13H14N2O4/c1-7(16)10-3-9(4-11(5-10)8(2)17)6-15-13(19)12(14)18/h3-5H,6H2,1-2H3,(H2,14,18)(H,15,19). The molecular weight excluding hydrogens is 248 g/mol. The van der Waals surface area contributed by atoms with E-state index in [1.165, 1.54) is 19.9 Å². The monoisotopic (exact) mass is 262 g/mol. The number of rotatable bonds is 4. The second-order valence-electron chi connectivity index (χ2n) is 4.08. The average Bonchev–Trinajstić information content (AvgIpc) is 2.35. The van der Waals surface area contributed by atoms with Crippen molar-refractivity contribution in [1.82, 2.24) is 5.32 Å². The van der Waals surface area contributed by atoms with E-state index in [2.05, 4.69) is 5.32 Å². The van der Waals surface area contributed by atoms with Crippen LogP contribution in [0.5, 0.6) is 0 Å². The molecule has 3 N–H and O–H groups in total. The van der Waals surface area contributed by atoms with Crippen LogP contribution in [-0.2, 0) is 16.1 Å². The van der Waals surface area contributed by atoms with E-state index in [9.17, 15) is 19.2 Å². The van der Waals surface area contributed by atoms with Gasteiger partial charge < -0.3 is 11.1 Å². The Bertz CT molecular complexity index is 532. The zero-order valence-corrected chi connectivity index (χ0v) is 10.6. The SMILES string of the molecule is CC(=O)c1cc(CNC(=O)C(N)=O)cc(C(C)=O)c1. The minimum Gasteiger partial charge on any atom is -0.361 e. The fourth-order valence-corrected chi connectivity index (χ4v) is 1.47. The van der Waals surface area contributed by atoms with Crippen LogP contribution in [0.4, 0.5) is 0 Å². The first kappa shape index (κ1) is 14.6. The van der Waals surface area contributed by atoms with Crippen molar-refractivity contribution in [2.45, 2.75) is 20.4 Å². The zero-order valence-electron chi connectivity index (χ0n) is 10.6. The second kappa shape index (κ2) is 5.90. The van der Waals surface area contributed by atoms with Gasteiger partial charge in [-0.3, -0.25) is 19.2 Å². The Labute approximate surface area is 110 Å². The normalized spacial score (nSPS) is 9.79. The molecule has 0 atom stereocenters. The molecule has 0 aliphatic heterocycles. The Morgan fingerprint density at radius 1 is 1.00 bits per heavy atom. The van der Waals surface area contributed by atoms with Crippen molar-refractivity contribution in [3.63, 3.8) is 0 Å². The Morgan fingerprint density at radius 3 is 1.84 bits per heavy atom. The molecule has 1 aromatic rings. The van der Waals surface area contributed by atoms with Gasteiger partial charge in [0, 0.05) is 17.7 Å². The number of ketones is 2. The van der Waals surface area contributed by atoms with Crippen molar-refractivity contribution in [3.05, 3.63) is 34.9 Å². The Morgan fingerprint density at radius 2 is 1.47 bits per heavy atom. The van der Waals surface area contributed by atoms with Gasteiger partial charge in [-0.25, -0.2) is 0 Å². The van der Waals surface area contributed by atoms with Crippen LogP contribution in [0.3, 0.4) is 0 Å². The summed E-state index contributed by atoms with van der Waals surface area (Å²) >= 11 is 0. The van der Waals surface area contributed by atoms with Crippen molar-refractivity contribution in [2.24, 2.45) is 5.73 Å². The third kappa shape index (κ3) is 4.02. The van der Waals surface area contributed by atoms with E-state index >= 15 is 0 Å². The fraction of sp³-hybridized carbons (Fsp3) is 0.231. The molecule has 0 aliphatic rings. The molecule has 1 aromatic carbocycles. The molecule has 0 fully saturated rings. The lowest BCUT2D eigenvalue weighted by Crippen LogP contribution is -2.35. The lowest BCUT2D eigenvalue weighted by Gasteiger charge is -2.07. The number of nitrogens with one attached hydrogen (secondary N) is 1. The summed E-state index contributed by atoms with van der Waals surface area (Å²) in [5, 5.41) is 2.29. The first-order valence-corrected chi connectivity index (χ1v) is 5.54. The molecule has 0 heterocycles. The Balaban J connectivity index is 3.00. The number of amides is 2. The molecule has 0 spiro atoms. The Kier molecular flexibility index (Phi) is 4.52. The molecule has 0 saturated carbocycles. The van der Waals surface area contributed by atoms with Gasteiger partial charge in [0.1, 0.15) is 0 Å². The van der Waals surface area contributed by atoms with Crippen molar-refractivity contribution in [1.29, 1.82) is 0 Å². The molecule has 100 valence electrons. The number of hydrogen-bond donors (Lipinski definition) is 2. The van der Waals surface area contributed by atoms with Crippen molar-refractivity contribution < 1.29 is 19.2 Å². The summed E-state index contributed by atoms with van der Waals surface area (Å²) in [5.74, 6) is -2.39. The van der Waals surface area contributed by atoms with E-state index < -0.39 is 11.8 Å². The number of benzene rings is 1. The number of primary amides is 1. The van der Waals surface area contributed by atoms with E-state index in [1.54, 1.807) is 12.1 Å². The van der Waals surface area contributed by atoms with Crippen molar-refractivity contribution in [3.8, 4) is 0 Å². The molecule has 0 aromatic heterocycles. The van der Waals surface area contributed by atoms with Crippen molar-refractivity contribution >= 4 is 23.4 Å². The minimum atomic E-state index is -1.09. The molecule has 0 radical (unpaired) electrons. The summed E-state index contributed by atoms with van der Waals surface area (Å²) in [6.45, 7) is 2.78. The van der Waals surface area contributed by atoms with Gasteiger partial charge in [-0.2, -0.15) is 0 Å². The van der Waals surface area contributed by atoms with Gasteiger partial charge in [0.25, 0.3) is 0 Å². The maximum absolute atomic E-state index is 11.3. The summed E-state index contributed by atoms with van der Waals surface area (Å²) in [6, 6.07) is 4.59. The first-order valence-electron chi connectivity index (χ1n) is 5.54. The third-order valence-corrected chi connectivity index (χ3v) is 2.48. The van der Waals surface area contributed by atoms with Gasteiger partial charge in [-0.15, -0.1) is 0 Å². The van der Waals surface area contributed by atoms with Gasteiger partial charge in [0.15, 0.2) is 11.6 Å². The third-order valence-electron chi connectivity index (χ3n) is 2.48. The van der Waals surface area contributed by atoms with Crippen molar-refractivity contribution in [2.75, 3.05) is 0 Å². The van der Waals surface area contributed by atoms with Crippen LogP contribution in [0.15, 0.2) is 18.2 Å². The molecule has 6 nitrogen and oxygen atoms in total. The lowest BCUT2D eigenvalue weighted by molar-refractivity contribution is -0.137. The number of carbonyl (C=O) groups is 4. The minimum absolute atomic E-state index is 0.0170. The number of carbonyl (C=O) groups excluding carboxylic acids is 4. The van der Waals surface area contributed by atoms with Crippen LogP contribution in [0.1, 0.15) is 40.1 Å². The topological polar surface area (TPSA) is 106 Å². The molecule has 0 aliphatic carbocycles. The molecule has 6 heteroatoms. The number of Topliss-reactive ketones (excluding diaryl/α,β-unsaturated/α-hetero) is 2. The quantitative estimate of drug-likeness (QED) is 0.596. The van der Waals surface area contributed by atoms with Crippen LogP contribution in [0.25, 0.3) is 0 Å². The number of nitrogens with two attached hydrogens (primary N) is 1. The van der Waals surface area contributed by atoms with Gasteiger partial charge >= 0.3 is 11.8 Å². The highest BCUT2D eigenvalue weighted by atomic mass is 16.2. The average molecular weight is 262 g/mol. The highest BCUT2D eigenvalue weighted by molar-refractivity contribution is 6.34. The summed E-state index contributed by atoms with van der Waals surface area (Å²) in [7, 11) is 0. The molecule has 0 saturated heterocycles. The molecular formula is C13H14N2O4. The molecule has 19 heavy (non-hydrogen) atoms. The first-order chi connectivity index (χ1) is 8.81. The summed E-state index contributed by atoms with van der Waals surface area (Å²) in [4.78, 5) is 44.3. The maximum Gasteiger partial charge on any atom is 0.309 e. The lowest BCUT2D eigenvalue weighted by atomic mass is 10.0. The highest BCUT2D eigenvalue weighted by Crippen LogP contribution is 2.12. The largest absolute Gasteiger partial charge is 0.361 e. The van der Waals surface area contributed by atoms with Crippen LogP contribution in [-0.4, -0.2) is 23.4 Å². The van der Waals surface area contributed by atoms with Crippen LogP contribution < -0.4 is 11.1 Å². The predicted octanol–water partition coefficient (Wildman–Crippen LogP) is 0.193. The summed E-state index contributed by atoms with van der Waals surface area (Å²) < 4.78 is 0. The van der Waals surface area contributed by atoms with Gasteiger partial charge in [0.05, 0.1) is 0 Å². The van der Waals surface area contributed by atoms with Crippen LogP contribution in [0.2, 0.25) is 0 Å². The smallest absolute Gasteiger partial charge is 0.309 e.